The maximum Gasteiger partial charge on any atom is 0.164 e. The molecule has 36 heavy (non-hydrogen) atoms. The molecule has 1 aromatic heterocycles. The molecule has 186 valence electrons. The smallest absolute Gasteiger partial charge is 0.164 e. The first-order valence-corrected chi connectivity index (χ1v) is 12.1. The first-order chi connectivity index (χ1) is 17.6. The molecule has 4 rings (SSSR count). The number of methoxy groups -OCH3 is 2. The number of aromatic nitrogens is 3. The zero-order chi connectivity index (χ0) is 25.3. The fraction of sp³-hybridized carbons (Fsp3) is 0.276. The van der Waals surface area contributed by atoms with Crippen LogP contribution in [0.3, 0.4) is 0 Å². The Labute approximate surface area is 211 Å². The average Bonchev–Trinajstić information content (AvgIpc) is 2.95. The molecule has 0 fully saturated rings. The third kappa shape index (κ3) is 6.37. The van der Waals surface area contributed by atoms with Crippen molar-refractivity contribution in [3.63, 3.8) is 0 Å². The third-order valence-corrected chi connectivity index (χ3v) is 5.74. The second kappa shape index (κ2) is 12.1. The van der Waals surface area contributed by atoms with E-state index in [4.69, 9.17) is 29.2 Å². The molecular formula is C29H31N3O4. The van der Waals surface area contributed by atoms with Gasteiger partial charge in [-0.25, -0.2) is 15.0 Å². The molecule has 4 aromatic rings. The number of hydrogen-bond acceptors (Lipinski definition) is 7. The lowest BCUT2D eigenvalue weighted by Crippen LogP contribution is -2.17. The van der Waals surface area contributed by atoms with Gasteiger partial charge in [0.1, 0.15) is 23.9 Å². The predicted octanol–water partition coefficient (Wildman–Crippen LogP) is 5.82. The van der Waals surface area contributed by atoms with Crippen molar-refractivity contribution in [3.8, 4) is 51.4 Å². The van der Waals surface area contributed by atoms with E-state index >= 15 is 0 Å². The topological polar surface area (TPSA) is 86.6 Å². The molecule has 1 heterocycles. The van der Waals surface area contributed by atoms with Gasteiger partial charge in [-0.15, -0.1) is 0 Å². The van der Waals surface area contributed by atoms with E-state index in [1.807, 2.05) is 72.8 Å². The van der Waals surface area contributed by atoms with Crippen molar-refractivity contribution in [1.82, 2.24) is 15.0 Å². The lowest BCUT2D eigenvalue weighted by atomic mass is 10.1. The van der Waals surface area contributed by atoms with Crippen LogP contribution in [0.5, 0.6) is 17.2 Å². The Hall–Kier alpha value is -3.97. The second-order valence-electron chi connectivity index (χ2n) is 8.40. The van der Waals surface area contributed by atoms with Gasteiger partial charge in [-0.3, -0.25) is 0 Å². The number of aliphatic hydroxyl groups is 1. The van der Waals surface area contributed by atoms with Gasteiger partial charge in [0.25, 0.3) is 0 Å². The van der Waals surface area contributed by atoms with Crippen molar-refractivity contribution in [3.05, 3.63) is 72.8 Å². The quantitative estimate of drug-likeness (QED) is 0.286. The van der Waals surface area contributed by atoms with E-state index in [1.54, 1.807) is 14.2 Å². The first kappa shape index (κ1) is 25.1. The minimum Gasteiger partial charge on any atom is -0.497 e. The predicted molar refractivity (Wildman–Crippen MR) is 140 cm³/mol. The molecule has 0 aliphatic carbocycles. The Morgan fingerprint density at radius 3 is 1.72 bits per heavy atom. The highest BCUT2D eigenvalue weighted by Gasteiger charge is 2.14. The highest BCUT2D eigenvalue weighted by Crippen LogP contribution is 2.28. The number of unbranched alkanes of at least 4 members (excludes halogenated alkanes) is 1. The zero-order valence-corrected chi connectivity index (χ0v) is 20.8. The van der Waals surface area contributed by atoms with Crippen LogP contribution in [0.2, 0.25) is 0 Å². The fourth-order valence-corrected chi connectivity index (χ4v) is 3.70. The van der Waals surface area contributed by atoms with Crippen molar-refractivity contribution in [2.45, 2.75) is 32.3 Å². The molecule has 7 heteroatoms. The maximum atomic E-state index is 10.1. The number of rotatable bonds is 11. The van der Waals surface area contributed by atoms with Crippen molar-refractivity contribution in [2.24, 2.45) is 0 Å². The normalized spacial score (nSPS) is 11.7. The van der Waals surface area contributed by atoms with Gasteiger partial charge in [-0.05, 0) is 55.0 Å². The number of nitrogens with zero attached hydrogens (tertiary/aromatic N) is 3. The van der Waals surface area contributed by atoms with E-state index in [0.29, 0.717) is 23.2 Å². The highest BCUT2D eigenvalue weighted by atomic mass is 16.5. The van der Waals surface area contributed by atoms with Gasteiger partial charge >= 0.3 is 0 Å². The monoisotopic (exact) mass is 485 g/mol. The summed E-state index contributed by atoms with van der Waals surface area (Å²) in [5, 5.41) is 10.1. The average molecular weight is 486 g/mol. The lowest BCUT2D eigenvalue weighted by molar-refractivity contribution is 0.0980. The standard InChI is InChI=1S/C29H31N3O4/c1-4-5-10-23(33)19-36-24-15-13-20(14-16-24)27-30-28(21-8-6-11-25(17-21)34-2)32-29(31-27)22-9-7-12-26(18-22)35-3/h6-9,11-18,23,33H,4-5,10,19H2,1-3H3. The molecule has 0 saturated carbocycles. The first-order valence-electron chi connectivity index (χ1n) is 12.1. The van der Waals surface area contributed by atoms with E-state index in [-0.39, 0.29) is 6.61 Å². The van der Waals surface area contributed by atoms with Gasteiger partial charge in [0.05, 0.1) is 20.3 Å². The van der Waals surface area contributed by atoms with Gasteiger partial charge in [0, 0.05) is 16.7 Å². The summed E-state index contributed by atoms with van der Waals surface area (Å²) in [7, 11) is 3.26. The second-order valence-corrected chi connectivity index (χ2v) is 8.40. The Morgan fingerprint density at radius 2 is 1.22 bits per heavy atom. The summed E-state index contributed by atoms with van der Waals surface area (Å²) in [6.07, 6.45) is 2.30. The Morgan fingerprint density at radius 1 is 0.694 bits per heavy atom. The lowest BCUT2D eigenvalue weighted by Gasteiger charge is -2.12. The van der Waals surface area contributed by atoms with Crippen LogP contribution in [0.15, 0.2) is 72.8 Å². The molecule has 1 atom stereocenters. The van der Waals surface area contributed by atoms with E-state index < -0.39 is 6.10 Å². The van der Waals surface area contributed by atoms with Crippen LogP contribution in [-0.4, -0.2) is 47.0 Å². The number of hydrogen-bond donors (Lipinski definition) is 1. The minimum atomic E-state index is -0.469. The van der Waals surface area contributed by atoms with Crippen LogP contribution in [0.25, 0.3) is 34.2 Å². The highest BCUT2D eigenvalue weighted by molar-refractivity contribution is 5.68. The summed E-state index contributed by atoms with van der Waals surface area (Å²) >= 11 is 0. The zero-order valence-electron chi connectivity index (χ0n) is 20.8. The molecule has 7 nitrogen and oxygen atoms in total. The molecule has 0 radical (unpaired) electrons. The van der Waals surface area contributed by atoms with Crippen LogP contribution < -0.4 is 14.2 Å². The molecule has 1 unspecified atom stereocenters. The van der Waals surface area contributed by atoms with Crippen molar-refractivity contribution in [2.75, 3.05) is 20.8 Å². The van der Waals surface area contributed by atoms with Crippen molar-refractivity contribution >= 4 is 0 Å². The third-order valence-electron chi connectivity index (χ3n) is 5.74. The van der Waals surface area contributed by atoms with Crippen LogP contribution in [0, 0.1) is 0 Å². The summed E-state index contributed by atoms with van der Waals surface area (Å²) in [4.78, 5) is 14.3. The molecular weight excluding hydrogens is 454 g/mol. The maximum absolute atomic E-state index is 10.1. The molecule has 3 aromatic carbocycles. The number of benzene rings is 3. The van der Waals surface area contributed by atoms with Gasteiger partial charge in [0.15, 0.2) is 17.5 Å². The van der Waals surface area contributed by atoms with E-state index in [0.717, 1.165) is 47.5 Å². The molecule has 0 bridgehead atoms. The summed E-state index contributed by atoms with van der Waals surface area (Å²) < 4.78 is 16.5. The number of ether oxygens (including phenoxy) is 3. The largest absolute Gasteiger partial charge is 0.497 e. The Bertz CT molecular complexity index is 1210. The Balaban J connectivity index is 1.67. The van der Waals surface area contributed by atoms with Crippen molar-refractivity contribution < 1.29 is 19.3 Å². The van der Waals surface area contributed by atoms with E-state index in [9.17, 15) is 5.11 Å². The molecule has 0 spiro atoms. The summed E-state index contributed by atoms with van der Waals surface area (Å²) in [6, 6.07) is 22.8. The molecule has 0 aliphatic rings. The molecule has 1 N–H and O–H groups in total. The van der Waals surface area contributed by atoms with Crippen LogP contribution in [-0.2, 0) is 0 Å². The van der Waals surface area contributed by atoms with E-state index in [2.05, 4.69) is 6.92 Å². The summed E-state index contributed by atoms with van der Waals surface area (Å²) in [5.41, 5.74) is 2.47. The summed E-state index contributed by atoms with van der Waals surface area (Å²) in [5.74, 6) is 3.74. The van der Waals surface area contributed by atoms with Gasteiger partial charge in [0.2, 0.25) is 0 Å². The van der Waals surface area contributed by atoms with Crippen LogP contribution >= 0.6 is 0 Å². The van der Waals surface area contributed by atoms with E-state index in [1.165, 1.54) is 0 Å². The number of aliphatic hydroxyl groups excluding tert-OH is 1. The minimum absolute atomic E-state index is 0.269. The van der Waals surface area contributed by atoms with Gasteiger partial charge in [-0.2, -0.15) is 0 Å². The SMILES string of the molecule is CCCCC(O)COc1ccc(-c2nc(-c3cccc(OC)c3)nc(-c3cccc(OC)c3)n2)cc1. The molecule has 0 amide bonds. The Kier molecular flexibility index (Phi) is 8.47. The summed E-state index contributed by atoms with van der Waals surface area (Å²) in [6.45, 7) is 2.37. The van der Waals surface area contributed by atoms with Crippen LogP contribution in [0.1, 0.15) is 26.2 Å². The van der Waals surface area contributed by atoms with Crippen molar-refractivity contribution in [1.29, 1.82) is 0 Å². The molecule has 0 aliphatic heterocycles. The molecule has 0 saturated heterocycles. The van der Waals surface area contributed by atoms with Crippen LogP contribution in [0.4, 0.5) is 0 Å². The van der Waals surface area contributed by atoms with Gasteiger partial charge < -0.3 is 19.3 Å². The fourth-order valence-electron chi connectivity index (χ4n) is 3.70. The van der Waals surface area contributed by atoms with Gasteiger partial charge in [-0.1, -0.05) is 44.0 Å².